The average molecular weight is 961 g/mol. The SMILES string of the molecule is C1=CC2C(CC1)c1ccccc1N2c1ccc(-c2nc(-c3ccccc3)nc(-c3ccccc3)n2)cc1-c1ccc(-n2c3ccccc3c3cc(-c4ccc5c6ccccc6n(-c6ccccc6)c5c4)ccc32)cc1. The van der Waals surface area contributed by atoms with Crippen molar-refractivity contribution in [3.8, 4) is 67.8 Å². The Morgan fingerprint density at radius 1 is 0.347 bits per heavy atom. The molecule has 0 bridgehead atoms. The lowest BCUT2D eigenvalue weighted by atomic mass is 9.86. The molecule has 2 unspecified atom stereocenters. The Kier molecular flexibility index (Phi) is 10.0. The molecule has 0 spiro atoms. The van der Waals surface area contributed by atoms with Crippen molar-refractivity contribution in [3.63, 3.8) is 0 Å². The number of nitrogens with zero attached hydrogens (tertiary/aromatic N) is 6. The maximum atomic E-state index is 5.18. The fourth-order valence-corrected chi connectivity index (χ4v) is 12.2. The zero-order valence-electron chi connectivity index (χ0n) is 41.0. The van der Waals surface area contributed by atoms with Crippen LogP contribution >= 0.6 is 0 Å². The molecule has 3 aromatic heterocycles. The van der Waals surface area contributed by atoms with Gasteiger partial charge < -0.3 is 14.0 Å². The van der Waals surface area contributed by atoms with Crippen LogP contribution in [0.1, 0.15) is 24.3 Å². The molecule has 354 valence electrons. The summed E-state index contributed by atoms with van der Waals surface area (Å²) in [6.45, 7) is 0. The van der Waals surface area contributed by atoms with Gasteiger partial charge in [0.15, 0.2) is 17.5 Å². The van der Waals surface area contributed by atoms with E-state index in [9.17, 15) is 0 Å². The number of hydrogen-bond donors (Lipinski definition) is 0. The molecule has 2 atom stereocenters. The van der Waals surface area contributed by atoms with E-state index in [0.717, 1.165) is 63.2 Å². The minimum atomic E-state index is 0.213. The Bertz CT molecular complexity index is 4310. The highest BCUT2D eigenvalue weighted by Crippen LogP contribution is 2.52. The standard InChI is InChI=1S/C69H48N6/c1-4-18-46(19-5-1)67-70-68(47-20-6-2-7-21-47)72-69(71-67)50-36-41-64(75-62-30-16-11-24-53(62)54-25-12-17-31-63(54)75)58(43-50)45-32-37-52(38-33-45)73-61-29-15-13-27-56(61)59-42-48(35-40-65(59)73)49-34-39-57-55-26-10-14-28-60(55)74(66(57)44-49)51-22-8-3-9-23-51/h1-11,13-24,26-44,54,63H,12,25H2. The fraction of sp³-hybridized carbons (Fsp3) is 0.0580. The Morgan fingerprint density at radius 2 is 0.867 bits per heavy atom. The van der Waals surface area contributed by atoms with E-state index >= 15 is 0 Å². The van der Waals surface area contributed by atoms with Crippen LogP contribution in [0.4, 0.5) is 11.4 Å². The van der Waals surface area contributed by atoms with Crippen molar-refractivity contribution in [1.29, 1.82) is 0 Å². The molecule has 6 nitrogen and oxygen atoms in total. The van der Waals surface area contributed by atoms with Crippen molar-refractivity contribution in [1.82, 2.24) is 24.1 Å². The molecule has 0 saturated carbocycles. The number of allylic oxidation sites excluding steroid dienone is 1. The van der Waals surface area contributed by atoms with Gasteiger partial charge in [0.05, 0.1) is 28.1 Å². The summed E-state index contributed by atoms with van der Waals surface area (Å²) in [5.41, 5.74) is 18.3. The topological polar surface area (TPSA) is 51.8 Å². The van der Waals surface area contributed by atoms with Crippen LogP contribution < -0.4 is 4.90 Å². The number of fused-ring (bicyclic) bond motifs is 9. The first kappa shape index (κ1) is 43.0. The third-order valence-electron chi connectivity index (χ3n) is 15.6. The van der Waals surface area contributed by atoms with Crippen molar-refractivity contribution < 1.29 is 0 Å². The molecule has 75 heavy (non-hydrogen) atoms. The summed E-state index contributed by atoms with van der Waals surface area (Å²) in [5.74, 6) is 2.34. The second kappa shape index (κ2) is 17.5. The van der Waals surface area contributed by atoms with Crippen LogP contribution in [-0.2, 0) is 0 Å². The summed E-state index contributed by atoms with van der Waals surface area (Å²) in [5, 5.41) is 4.94. The second-order valence-electron chi connectivity index (χ2n) is 19.9. The first-order valence-electron chi connectivity index (χ1n) is 26.0. The Balaban J connectivity index is 0.866. The number of aromatic nitrogens is 5. The fourth-order valence-electron chi connectivity index (χ4n) is 12.2. The maximum absolute atomic E-state index is 5.18. The van der Waals surface area contributed by atoms with Gasteiger partial charge in [-0.05, 0) is 114 Å². The summed E-state index contributed by atoms with van der Waals surface area (Å²) < 4.78 is 4.81. The van der Waals surface area contributed by atoms with Crippen LogP contribution in [0, 0.1) is 0 Å². The highest BCUT2D eigenvalue weighted by Gasteiger charge is 2.39. The van der Waals surface area contributed by atoms with E-state index in [2.05, 4.69) is 232 Å². The van der Waals surface area contributed by atoms with Gasteiger partial charge in [0.2, 0.25) is 0 Å². The van der Waals surface area contributed by atoms with Crippen molar-refractivity contribution in [2.24, 2.45) is 0 Å². The minimum absolute atomic E-state index is 0.213. The van der Waals surface area contributed by atoms with Crippen LogP contribution in [0.3, 0.4) is 0 Å². The summed E-state index contributed by atoms with van der Waals surface area (Å²) >= 11 is 0. The molecule has 0 saturated heterocycles. The number of para-hydroxylation sites is 4. The van der Waals surface area contributed by atoms with Gasteiger partial charge in [-0.15, -0.1) is 0 Å². The van der Waals surface area contributed by atoms with Crippen molar-refractivity contribution in [3.05, 3.63) is 260 Å². The largest absolute Gasteiger partial charge is 0.333 e. The maximum Gasteiger partial charge on any atom is 0.164 e. The lowest BCUT2D eigenvalue weighted by Crippen LogP contribution is -2.30. The average Bonchev–Trinajstić information content (AvgIpc) is 4.14. The van der Waals surface area contributed by atoms with Crippen LogP contribution in [-0.4, -0.2) is 30.1 Å². The summed E-state index contributed by atoms with van der Waals surface area (Å²) in [6, 6.07) is 87.7. The van der Waals surface area contributed by atoms with Crippen molar-refractivity contribution in [2.75, 3.05) is 4.90 Å². The van der Waals surface area contributed by atoms with Crippen LogP contribution in [0.5, 0.6) is 0 Å². The number of benzene rings is 10. The lowest BCUT2D eigenvalue weighted by Gasteiger charge is -2.32. The van der Waals surface area contributed by atoms with Gasteiger partial charge in [-0.25, -0.2) is 15.0 Å². The summed E-state index contributed by atoms with van der Waals surface area (Å²) in [4.78, 5) is 18.0. The Labute approximate surface area is 434 Å². The molecule has 2 aliphatic rings. The number of anilines is 2. The van der Waals surface area contributed by atoms with Gasteiger partial charge >= 0.3 is 0 Å². The van der Waals surface area contributed by atoms with Crippen molar-refractivity contribution in [2.45, 2.75) is 24.8 Å². The van der Waals surface area contributed by atoms with Gasteiger partial charge in [-0.3, -0.25) is 0 Å². The summed E-state index contributed by atoms with van der Waals surface area (Å²) in [7, 11) is 0. The highest BCUT2D eigenvalue weighted by atomic mass is 15.2. The van der Waals surface area contributed by atoms with E-state index in [0.29, 0.717) is 23.4 Å². The van der Waals surface area contributed by atoms with Gasteiger partial charge in [0.1, 0.15) is 0 Å². The molecule has 13 aromatic rings. The van der Waals surface area contributed by atoms with E-state index in [1.54, 1.807) is 0 Å². The van der Waals surface area contributed by atoms with Crippen LogP contribution in [0.15, 0.2) is 255 Å². The van der Waals surface area contributed by atoms with E-state index < -0.39 is 0 Å². The molecule has 6 heteroatoms. The van der Waals surface area contributed by atoms with Crippen LogP contribution in [0.25, 0.3) is 111 Å². The third kappa shape index (κ3) is 7.13. The minimum Gasteiger partial charge on any atom is -0.333 e. The monoisotopic (exact) mass is 960 g/mol. The van der Waals surface area contributed by atoms with E-state index in [4.69, 9.17) is 15.0 Å². The molecule has 15 rings (SSSR count). The zero-order valence-corrected chi connectivity index (χ0v) is 41.0. The normalized spacial score (nSPS) is 15.0. The quantitative estimate of drug-likeness (QED) is 0.142. The number of rotatable bonds is 8. The molecule has 4 heterocycles. The molecule has 1 aliphatic heterocycles. The lowest BCUT2D eigenvalue weighted by molar-refractivity contribution is 0.573. The summed E-state index contributed by atoms with van der Waals surface area (Å²) in [6.07, 6.45) is 7.00. The molecule has 0 fully saturated rings. The van der Waals surface area contributed by atoms with Crippen molar-refractivity contribution >= 4 is 55.0 Å². The molecule has 0 radical (unpaired) electrons. The number of hydrogen-bond acceptors (Lipinski definition) is 4. The van der Waals surface area contributed by atoms with Gasteiger partial charge in [-0.1, -0.05) is 176 Å². The zero-order chi connectivity index (χ0) is 49.4. The van der Waals surface area contributed by atoms with E-state index in [1.807, 2.05) is 36.4 Å². The third-order valence-corrected chi connectivity index (χ3v) is 15.6. The van der Waals surface area contributed by atoms with Gasteiger partial charge in [0.25, 0.3) is 0 Å². The van der Waals surface area contributed by atoms with Crippen LogP contribution in [0.2, 0.25) is 0 Å². The molecule has 0 amide bonds. The Morgan fingerprint density at radius 3 is 1.59 bits per heavy atom. The smallest absolute Gasteiger partial charge is 0.164 e. The predicted octanol–water partition coefficient (Wildman–Crippen LogP) is 17.4. The molecule has 0 N–H and O–H groups in total. The van der Waals surface area contributed by atoms with E-state index in [1.165, 1.54) is 60.5 Å². The first-order valence-corrected chi connectivity index (χ1v) is 26.0. The molecule has 10 aromatic carbocycles. The van der Waals surface area contributed by atoms with E-state index in [-0.39, 0.29) is 6.04 Å². The van der Waals surface area contributed by atoms with Gasteiger partial charge in [0, 0.05) is 72.5 Å². The molecular weight excluding hydrogens is 913 g/mol. The van der Waals surface area contributed by atoms with Gasteiger partial charge in [-0.2, -0.15) is 0 Å². The predicted molar refractivity (Wildman–Crippen MR) is 309 cm³/mol. The molecular formula is C69H48N6. The Hall–Kier alpha value is -9.65. The first-order chi connectivity index (χ1) is 37.2. The highest BCUT2D eigenvalue weighted by molar-refractivity contribution is 6.12. The molecule has 1 aliphatic carbocycles. The second-order valence-corrected chi connectivity index (χ2v) is 19.9.